The van der Waals surface area contributed by atoms with Crippen molar-refractivity contribution in [3.63, 3.8) is 0 Å². The van der Waals surface area contributed by atoms with E-state index in [4.69, 9.17) is 26.1 Å². The standard InChI is InChI=1S/C35H30BrClN2O3/c1-41-32(40)17-39-31-16-27(37)5-6-29(31)35(24-9-19-8-20(11-24)12-25(35)10-19)34(39)18-38-30-7-3-22-13-21-2-4-26(36)14-23(21)15-28(22)33(30)42-34/h2-7,13-16,18-20,24-25H,8-12,17H2,1H3. The molecule has 0 amide bonds. The van der Waals surface area contributed by atoms with Gasteiger partial charge in [0.2, 0.25) is 5.72 Å². The van der Waals surface area contributed by atoms with Crippen LogP contribution in [-0.4, -0.2) is 31.6 Å². The molecule has 0 saturated heterocycles. The van der Waals surface area contributed by atoms with E-state index >= 15 is 0 Å². The topological polar surface area (TPSA) is 51.1 Å². The minimum Gasteiger partial charge on any atom is -0.468 e. The van der Waals surface area contributed by atoms with Crippen molar-refractivity contribution in [3.8, 4) is 5.75 Å². The van der Waals surface area contributed by atoms with Crippen molar-refractivity contribution < 1.29 is 14.3 Å². The summed E-state index contributed by atoms with van der Waals surface area (Å²) < 4.78 is 13.8. The third kappa shape index (κ3) is 3.20. The average Bonchev–Trinajstić information content (AvgIpc) is 3.19. The molecular weight excluding hydrogens is 612 g/mol. The first-order chi connectivity index (χ1) is 20.4. The quantitative estimate of drug-likeness (QED) is 0.163. The Morgan fingerprint density at radius 1 is 0.976 bits per heavy atom. The number of aliphatic imine (C=N–C) groups is 1. The Balaban J connectivity index is 1.32. The highest BCUT2D eigenvalue weighted by atomic mass is 79.9. The molecule has 7 heteroatoms. The van der Waals surface area contributed by atoms with E-state index < -0.39 is 5.72 Å². The van der Waals surface area contributed by atoms with Crippen LogP contribution >= 0.6 is 27.5 Å². The number of carbonyl (C=O) groups excluding carboxylic acids is 1. The molecule has 4 aliphatic carbocycles. The zero-order valence-electron chi connectivity index (χ0n) is 23.3. The zero-order chi connectivity index (χ0) is 28.4. The molecule has 2 heterocycles. The summed E-state index contributed by atoms with van der Waals surface area (Å²) in [5, 5.41) is 5.09. The molecule has 4 bridgehead atoms. The lowest BCUT2D eigenvalue weighted by molar-refractivity contribution is -0.142. The Hall–Kier alpha value is -3.09. The summed E-state index contributed by atoms with van der Waals surface area (Å²) in [7, 11) is 1.45. The van der Waals surface area contributed by atoms with Gasteiger partial charge in [-0.2, -0.15) is 0 Å². The molecular formula is C35H30BrClN2O3. The maximum absolute atomic E-state index is 13.1. The number of ether oxygens (including phenoxy) is 2. The van der Waals surface area contributed by atoms with Crippen molar-refractivity contribution in [1.82, 2.24) is 0 Å². The first-order valence-electron chi connectivity index (χ1n) is 14.9. The Kier molecular flexibility index (Phi) is 5.28. The van der Waals surface area contributed by atoms with Crippen molar-refractivity contribution in [1.29, 1.82) is 0 Å². The largest absolute Gasteiger partial charge is 0.468 e. The summed E-state index contributed by atoms with van der Waals surface area (Å²) in [6, 6.07) is 21.2. The summed E-state index contributed by atoms with van der Waals surface area (Å²) in [4.78, 5) is 20.4. The van der Waals surface area contributed by atoms with Gasteiger partial charge in [0.05, 0.1) is 18.7 Å². The monoisotopic (exact) mass is 640 g/mol. The summed E-state index contributed by atoms with van der Waals surface area (Å²) in [6.45, 7) is 0.0554. The molecule has 4 saturated carbocycles. The van der Waals surface area contributed by atoms with Gasteiger partial charge in [0.15, 0.2) is 5.75 Å². The SMILES string of the molecule is COC(=O)CN1c2cc(Cl)ccc2C2(C3CC4CC(C3)CC2C4)C12C=Nc1ccc3cc4ccc(Br)cc4cc3c1O2. The van der Waals surface area contributed by atoms with Crippen LogP contribution in [0.25, 0.3) is 21.5 Å². The number of benzene rings is 4. The fourth-order valence-corrected chi connectivity index (χ4v) is 10.4. The molecule has 4 aromatic rings. The molecule has 2 spiro atoms. The third-order valence-electron chi connectivity index (χ3n) is 11.1. The maximum atomic E-state index is 13.1. The highest BCUT2D eigenvalue weighted by Gasteiger charge is 2.74. The lowest BCUT2D eigenvalue weighted by atomic mass is 9.41. The third-order valence-corrected chi connectivity index (χ3v) is 11.9. The molecule has 5 nitrogen and oxygen atoms in total. The molecule has 0 radical (unpaired) electrons. The van der Waals surface area contributed by atoms with Crippen molar-refractivity contribution in [2.75, 3.05) is 18.6 Å². The van der Waals surface area contributed by atoms with E-state index in [0.717, 1.165) is 49.6 Å². The van der Waals surface area contributed by atoms with Gasteiger partial charge in [-0.1, -0.05) is 45.7 Å². The first kappa shape index (κ1) is 25.4. The number of hydrogen-bond acceptors (Lipinski definition) is 5. The lowest BCUT2D eigenvalue weighted by Crippen LogP contribution is -2.73. The number of methoxy groups -OCH3 is 1. The van der Waals surface area contributed by atoms with Crippen molar-refractivity contribution in [2.45, 2.75) is 43.2 Å². The number of fused-ring (bicyclic) bond motifs is 5. The highest BCUT2D eigenvalue weighted by Crippen LogP contribution is 2.71. The van der Waals surface area contributed by atoms with Crippen LogP contribution in [0.3, 0.4) is 0 Å². The molecule has 2 aliphatic heterocycles. The van der Waals surface area contributed by atoms with Gasteiger partial charge in [-0.25, -0.2) is 0 Å². The van der Waals surface area contributed by atoms with Gasteiger partial charge >= 0.3 is 5.97 Å². The number of rotatable bonds is 2. The van der Waals surface area contributed by atoms with Gasteiger partial charge in [-0.3, -0.25) is 9.79 Å². The van der Waals surface area contributed by atoms with Crippen LogP contribution in [0.2, 0.25) is 5.02 Å². The number of halogens is 2. The van der Waals surface area contributed by atoms with Crippen LogP contribution in [0.4, 0.5) is 11.4 Å². The smallest absolute Gasteiger partial charge is 0.325 e. The minimum absolute atomic E-state index is 0.0554. The van der Waals surface area contributed by atoms with Crippen LogP contribution in [0.5, 0.6) is 5.75 Å². The van der Waals surface area contributed by atoms with E-state index in [9.17, 15) is 4.79 Å². The normalized spacial score (nSPS) is 31.6. The first-order valence-corrected chi connectivity index (χ1v) is 16.1. The summed E-state index contributed by atoms with van der Waals surface area (Å²) >= 11 is 10.3. The molecule has 42 heavy (non-hydrogen) atoms. The molecule has 10 rings (SSSR count). The second-order valence-corrected chi connectivity index (χ2v) is 14.4. The second kappa shape index (κ2) is 8.73. The van der Waals surface area contributed by atoms with Crippen LogP contribution in [-0.2, 0) is 14.9 Å². The molecule has 4 fully saturated rings. The van der Waals surface area contributed by atoms with Crippen LogP contribution in [0.15, 0.2) is 70.1 Å². The lowest BCUT2D eigenvalue weighted by Gasteiger charge is -2.65. The predicted molar refractivity (Wildman–Crippen MR) is 170 cm³/mol. The summed E-state index contributed by atoms with van der Waals surface area (Å²) in [6.07, 6.45) is 8.10. The van der Waals surface area contributed by atoms with Crippen LogP contribution in [0, 0.1) is 23.7 Å². The minimum atomic E-state index is -0.982. The van der Waals surface area contributed by atoms with E-state index in [1.807, 2.05) is 18.3 Å². The number of esters is 1. The van der Waals surface area contributed by atoms with Gasteiger partial charge in [-0.05, 0) is 120 Å². The fraction of sp³-hybridized carbons (Fsp3) is 0.371. The van der Waals surface area contributed by atoms with Crippen LogP contribution < -0.4 is 9.64 Å². The van der Waals surface area contributed by atoms with Gasteiger partial charge in [0, 0.05) is 20.6 Å². The van der Waals surface area contributed by atoms with E-state index in [0.29, 0.717) is 16.9 Å². The Bertz CT molecular complexity index is 1840. The van der Waals surface area contributed by atoms with Crippen molar-refractivity contribution in [2.24, 2.45) is 28.7 Å². The molecule has 212 valence electrons. The molecule has 1 atom stereocenters. The second-order valence-electron chi connectivity index (χ2n) is 13.0. The number of nitrogens with zero attached hydrogens (tertiary/aromatic N) is 2. The average molecular weight is 642 g/mol. The molecule has 6 aliphatic rings. The predicted octanol–water partition coefficient (Wildman–Crippen LogP) is 8.59. The number of hydrogen-bond donors (Lipinski definition) is 0. The van der Waals surface area contributed by atoms with E-state index in [1.165, 1.54) is 50.2 Å². The van der Waals surface area contributed by atoms with Crippen molar-refractivity contribution in [3.05, 3.63) is 75.7 Å². The number of carbonyl (C=O) groups is 1. The Morgan fingerprint density at radius 2 is 1.74 bits per heavy atom. The van der Waals surface area contributed by atoms with Gasteiger partial charge in [-0.15, -0.1) is 0 Å². The molecule has 0 N–H and O–H groups in total. The molecule has 1 unspecified atom stereocenters. The maximum Gasteiger partial charge on any atom is 0.325 e. The van der Waals surface area contributed by atoms with Gasteiger partial charge in [0.25, 0.3) is 0 Å². The number of anilines is 1. The fourth-order valence-electron chi connectivity index (χ4n) is 9.89. The van der Waals surface area contributed by atoms with Crippen molar-refractivity contribution >= 4 is 72.6 Å². The van der Waals surface area contributed by atoms with Gasteiger partial charge in [0.1, 0.15) is 12.2 Å². The summed E-state index contributed by atoms with van der Waals surface area (Å²) in [5.74, 6) is 2.85. The highest BCUT2D eigenvalue weighted by molar-refractivity contribution is 9.10. The molecule has 4 aromatic carbocycles. The van der Waals surface area contributed by atoms with Crippen LogP contribution in [0.1, 0.15) is 37.7 Å². The molecule has 0 aromatic heterocycles. The van der Waals surface area contributed by atoms with E-state index in [1.54, 1.807) is 0 Å². The zero-order valence-corrected chi connectivity index (χ0v) is 25.6. The summed E-state index contributed by atoms with van der Waals surface area (Å²) in [5.41, 5.74) is 1.69. The van der Waals surface area contributed by atoms with Gasteiger partial charge < -0.3 is 14.4 Å². The van der Waals surface area contributed by atoms with E-state index in [2.05, 4.69) is 69.4 Å². The Labute approximate surface area is 258 Å². The van der Waals surface area contributed by atoms with E-state index in [-0.39, 0.29) is 17.9 Å². The Morgan fingerprint density at radius 3 is 2.50 bits per heavy atom.